The van der Waals surface area contributed by atoms with Crippen molar-refractivity contribution in [2.45, 2.75) is 20.0 Å². The number of rotatable bonds is 6. The predicted octanol–water partition coefficient (Wildman–Crippen LogP) is 3.47. The topological polar surface area (TPSA) is 74.3 Å². The zero-order chi connectivity index (χ0) is 17.1. The molecule has 2 aromatic carbocycles. The van der Waals surface area contributed by atoms with Gasteiger partial charge in [0.15, 0.2) is 0 Å². The van der Waals surface area contributed by atoms with Crippen molar-refractivity contribution in [2.75, 3.05) is 7.11 Å². The molecule has 0 aliphatic heterocycles. The van der Waals surface area contributed by atoms with Crippen molar-refractivity contribution >= 4 is 16.9 Å². The summed E-state index contributed by atoms with van der Waals surface area (Å²) >= 11 is 0. The summed E-state index contributed by atoms with van der Waals surface area (Å²) in [6.45, 7) is 3.13. The first-order valence-corrected chi connectivity index (χ1v) is 7.76. The molecule has 0 radical (unpaired) electrons. The standard InChI is InChI=1S/C19H20N2O3/c1-12-3-8-15-16(18(19(22)23)21-17(15)9-12)11-20-10-13-4-6-14(24-2)7-5-13/h3-9,20-21H,10-11H2,1-2H3,(H,22,23). The summed E-state index contributed by atoms with van der Waals surface area (Å²) in [6.07, 6.45) is 0. The van der Waals surface area contributed by atoms with Crippen molar-refractivity contribution in [3.05, 3.63) is 64.8 Å². The fraction of sp³-hybridized carbons (Fsp3) is 0.211. The minimum atomic E-state index is -0.940. The average Bonchev–Trinajstić information content (AvgIpc) is 2.93. The van der Waals surface area contributed by atoms with Crippen LogP contribution in [0.1, 0.15) is 27.2 Å². The Balaban J connectivity index is 1.78. The molecular formula is C19H20N2O3. The van der Waals surface area contributed by atoms with E-state index >= 15 is 0 Å². The van der Waals surface area contributed by atoms with Crippen LogP contribution in [0.15, 0.2) is 42.5 Å². The largest absolute Gasteiger partial charge is 0.497 e. The smallest absolute Gasteiger partial charge is 0.352 e. The number of carboxylic acid groups (broad SMARTS) is 1. The third-order valence-corrected chi connectivity index (χ3v) is 4.07. The average molecular weight is 324 g/mol. The number of aromatic carboxylic acids is 1. The zero-order valence-electron chi connectivity index (χ0n) is 13.7. The Kier molecular flexibility index (Phi) is 4.53. The molecule has 0 bridgehead atoms. The number of hydrogen-bond donors (Lipinski definition) is 3. The summed E-state index contributed by atoms with van der Waals surface area (Å²) in [5, 5.41) is 13.7. The summed E-state index contributed by atoms with van der Waals surface area (Å²) in [7, 11) is 1.64. The lowest BCUT2D eigenvalue weighted by Crippen LogP contribution is -2.15. The molecule has 0 amide bonds. The van der Waals surface area contributed by atoms with Crippen LogP contribution in [0.3, 0.4) is 0 Å². The molecule has 124 valence electrons. The molecule has 1 aromatic heterocycles. The molecule has 5 nitrogen and oxygen atoms in total. The quantitative estimate of drug-likeness (QED) is 0.649. The first kappa shape index (κ1) is 16.1. The van der Waals surface area contributed by atoms with Gasteiger partial charge < -0.3 is 20.1 Å². The first-order valence-electron chi connectivity index (χ1n) is 7.76. The Hall–Kier alpha value is -2.79. The van der Waals surface area contributed by atoms with Gasteiger partial charge in [0.2, 0.25) is 0 Å². The maximum Gasteiger partial charge on any atom is 0.352 e. The van der Waals surface area contributed by atoms with E-state index in [2.05, 4.69) is 10.3 Å². The van der Waals surface area contributed by atoms with Crippen molar-refractivity contribution in [3.63, 3.8) is 0 Å². The summed E-state index contributed by atoms with van der Waals surface area (Å²) < 4.78 is 5.14. The van der Waals surface area contributed by atoms with E-state index in [0.29, 0.717) is 13.1 Å². The number of fused-ring (bicyclic) bond motifs is 1. The maximum atomic E-state index is 11.5. The zero-order valence-corrected chi connectivity index (χ0v) is 13.7. The van der Waals surface area contributed by atoms with Crippen LogP contribution < -0.4 is 10.1 Å². The second-order valence-electron chi connectivity index (χ2n) is 5.78. The maximum absolute atomic E-state index is 11.5. The van der Waals surface area contributed by atoms with Gasteiger partial charge >= 0.3 is 5.97 Å². The molecule has 1 heterocycles. The second kappa shape index (κ2) is 6.76. The molecule has 0 fully saturated rings. The fourth-order valence-corrected chi connectivity index (χ4v) is 2.81. The highest BCUT2D eigenvalue weighted by molar-refractivity contribution is 5.97. The molecule has 0 unspecified atom stereocenters. The molecule has 5 heteroatoms. The van der Waals surface area contributed by atoms with Crippen molar-refractivity contribution in [1.82, 2.24) is 10.3 Å². The third-order valence-electron chi connectivity index (χ3n) is 4.07. The van der Waals surface area contributed by atoms with Gasteiger partial charge in [-0.25, -0.2) is 4.79 Å². The molecule has 0 atom stereocenters. The van der Waals surface area contributed by atoms with Gasteiger partial charge in [0, 0.05) is 29.6 Å². The van der Waals surface area contributed by atoms with E-state index in [-0.39, 0.29) is 5.69 Å². The van der Waals surface area contributed by atoms with Gasteiger partial charge in [-0.1, -0.05) is 24.3 Å². The molecule has 3 rings (SSSR count). The molecule has 0 spiro atoms. The molecule has 0 aliphatic carbocycles. The van der Waals surface area contributed by atoms with Crippen LogP contribution in [0.5, 0.6) is 5.75 Å². The molecular weight excluding hydrogens is 304 g/mol. The molecule has 24 heavy (non-hydrogen) atoms. The van der Waals surface area contributed by atoms with Crippen LogP contribution in [-0.4, -0.2) is 23.2 Å². The van der Waals surface area contributed by atoms with Gasteiger partial charge in [0.05, 0.1) is 7.11 Å². The summed E-state index contributed by atoms with van der Waals surface area (Å²) in [5.74, 6) is -0.121. The van der Waals surface area contributed by atoms with Crippen LogP contribution in [0, 0.1) is 6.92 Å². The number of aromatic amines is 1. The van der Waals surface area contributed by atoms with E-state index in [1.807, 2.05) is 49.4 Å². The molecule has 3 N–H and O–H groups in total. The monoisotopic (exact) mass is 324 g/mol. The summed E-state index contributed by atoms with van der Waals surface area (Å²) in [5.41, 5.74) is 4.10. The SMILES string of the molecule is COc1ccc(CNCc2c(C(=O)O)[nH]c3cc(C)ccc23)cc1. The minimum absolute atomic E-state index is 0.248. The number of ether oxygens (including phenoxy) is 1. The van der Waals surface area contributed by atoms with Crippen LogP contribution in [-0.2, 0) is 13.1 Å². The Labute approximate surface area is 140 Å². The van der Waals surface area contributed by atoms with Gasteiger partial charge in [0.25, 0.3) is 0 Å². The normalized spacial score (nSPS) is 10.9. The van der Waals surface area contributed by atoms with Crippen LogP contribution in [0.4, 0.5) is 0 Å². The van der Waals surface area contributed by atoms with E-state index in [1.54, 1.807) is 7.11 Å². The van der Waals surface area contributed by atoms with E-state index in [0.717, 1.165) is 33.3 Å². The molecule has 3 aromatic rings. The van der Waals surface area contributed by atoms with E-state index < -0.39 is 5.97 Å². The van der Waals surface area contributed by atoms with Crippen molar-refractivity contribution in [3.8, 4) is 5.75 Å². The summed E-state index contributed by atoms with van der Waals surface area (Å²) in [4.78, 5) is 14.5. The van der Waals surface area contributed by atoms with Crippen LogP contribution in [0.25, 0.3) is 10.9 Å². The van der Waals surface area contributed by atoms with E-state index in [9.17, 15) is 9.90 Å². The number of H-pyrrole nitrogens is 1. The van der Waals surface area contributed by atoms with Crippen molar-refractivity contribution in [1.29, 1.82) is 0 Å². The highest BCUT2D eigenvalue weighted by Crippen LogP contribution is 2.24. The number of nitrogens with one attached hydrogen (secondary N) is 2. The minimum Gasteiger partial charge on any atom is -0.497 e. The van der Waals surface area contributed by atoms with Crippen molar-refractivity contribution in [2.24, 2.45) is 0 Å². The first-order chi connectivity index (χ1) is 11.6. The molecule has 0 saturated carbocycles. The molecule has 0 saturated heterocycles. The number of aromatic nitrogens is 1. The highest BCUT2D eigenvalue weighted by atomic mass is 16.5. The molecule has 0 aliphatic rings. The lowest BCUT2D eigenvalue weighted by molar-refractivity contribution is 0.0690. The van der Waals surface area contributed by atoms with Gasteiger partial charge in [-0.2, -0.15) is 0 Å². The number of hydrogen-bond acceptors (Lipinski definition) is 3. The second-order valence-corrected chi connectivity index (χ2v) is 5.78. The Morgan fingerprint density at radius 1 is 1.17 bits per heavy atom. The van der Waals surface area contributed by atoms with Gasteiger partial charge in [0.1, 0.15) is 11.4 Å². The lowest BCUT2D eigenvalue weighted by atomic mass is 10.1. The number of benzene rings is 2. The predicted molar refractivity (Wildman–Crippen MR) is 93.5 cm³/mol. The Morgan fingerprint density at radius 3 is 2.58 bits per heavy atom. The number of carboxylic acids is 1. The van der Waals surface area contributed by atoms with Crippen LogP contribution >= 0.6 is 0 Å². The lowest BCUT2D eigenvalue weighted by Gasteiger charge is -2.07. The van der Waals surface area contributed by atoms with Gasteiger partial charge in [-0.3, -0.25) is 0 Å². The number of carbonyl (C=O) groups is 1. The van der Waals surface area contributed by atoms with Crippen LogP contribution in [0.2, 0.25) is 0 Å². The highest BCUT2D eigenvalue weighted by Gasteiger charge is 2.16. The fourth-order valence-electron chi connectivity index (χ4n) is 2.81. The number of aryl methyl sites for hydroxylation is 1. The van der Waals surface area contributed by atoms with E-state index in [1.165, 1.54) is 0 Å². The Morgan fingerprint density at radius 2 is 1.92 bits per heavy atom. The van der Waals surface area contributed by atoms with Gasteiger partial charge in [-0.15, -0.1) is 0 Å². The van der Waals surface area contributed by atoms with E-state index in [4.69, 9.17) is 4.74 Å². The summed E-state index contributed by atoms with van der Waals surface area (Å²) in [6, 6.07) is 13.7. The third kappa shape index (κ3) is 3.26. The van der Waals surface area contributed by atoms with Crippen molar-refractivity contribution < 1.29 is 14.6 Å². The number of methoxy groups -OCH3 is 1. The Bertz CT molecular complexity index is 866. The van der Waals surface area contributed by atoms with Gasteiger partial charge in [-0.05, 0) is 36.2 Å².